The normalized spacial score (nSPS) is 10.4. The standard InChI is InChI=1S/C19H18N2O5/c1-23-11-6-12(24-2)8-13(7-11)26-17-4-5-21-16-10-18(25-3)15(19(20)22)9-14(16)17/h4-10H,1-3H3,(H2,20,22). The van der Waals surface area contributed by atoms with E-state index in [2.05, 4.69) is 4.98 Å². The summed E-state index contributed by atoms with van der Waals surface area (Å²) in [6, 6.07) is 10.2. The molecule has 0 radical (unpaired) electrons. The fourth-order valence-corrected chi connectivity index (χ4v) is 2.57. The minimum Gasteiger partial charge on any atom is -0.496 e. The van der Waals surface area contributed by atoms with E-state index < -0.39 is 5.91 Å². The third-order valence-electron chi connectivity index (χ3n) is 3.84. The van der Waals surface area contributed by atoms with Crippen LogP contribution in [0.2, 0.25) is 0 Å². The molecule has 1 amide bonds. The van der Waals surface area contributed by atoms with Crippen LogP contribution in [-0.4, -0.2) is 32.2 Å². The van der Waals surface area contributed by atoms with Crippen molar-refractivity contribution in [1.29, 1.82) is 0 Å². The molecule has 0 saturated heterocycles. The van der Waals surface area contributed by atoms with Gasteiger partial charge in [-0.15, -0.1) is 0 Å². The first-order chi connectivity index (χ1) is 12.5. The van der Waals surface area contributed by atoms with Gasteiger partial charge in [0.05, 0.1) is 32.4 Å². The topological polar surface area (TPSA) is 92.9 Å². The maximum atomic E-state index is 11.7. The molecule has 2 aromatic carbocycles. The summed E-state index contributed by atoms with van der Waals surface area (Å²) in [7, 11) is 4.59. The Hall–Kier alpha value is -3.48. The second kappa shape index (κ2) is 7.18. The van der Waals surface area contributed by atoms with Crippen molar-refractivity contribution in [3.8, 4) is 28.7 Å². The summed E-state index contributed by atoms with van der Waals surface area (Å²) in [4.78, 5) is 16.0. The Kier molecular flexibility index (Phi) is 4.79. The molecule has 3 rings (SSSR count). The SMILES string of the molecule is COc1cc(OC)cc(Oc2ccnc3cc(OC)c(C(N)=O)cc23)c1. The van der Waals surface area contributed by atoms with Crippen LogP contribution in [0.1, 0.15) is 10.4 Å². The highest BCUT2D eigenvalue weighted by molar-refractivity contribution is 6.01. The number of benzene rings is 2. The predicted octanol–water partition coefficient (Wildman–Crippen LogP) is 3.15. The van der Waals surface area contributed by atoms with E-state index in [1.807, 2.05) is 0 Å². The highest BCUT2D eigenvalue weighted by atomic mass is 16.5. The third-order valence-corrected chi connectivity index (χ3v) is 3.84. The lowest BCUT2D eigenvalue weighted by molar-refractivity contribution is 0.0997. The van der Waals surface area contributed by atoms with Gasteiger partial charge in [-0.25, -0.2) is 0 Å². The number of nitrogens with two attached hydrogens (primary N) is 1. The van der Waals surface area contributed by atoms with Crippen LogP contribution >= 0.6 is 0 Å². The Labute approximate surface area is 150 Å². The van der Waals surface area contributed by atoms with E-state index in [1.165, 1.54) is 7.11 Å². The maximum absolute atomic E-state index is 11.7. The molecule has 0 aliphatic heterocycles. The van der Waals surface area contributed by atoms with Gasteiger partial charge in [0.15, 0.2) is 0 Å². The lowest BCUT2D eigenvalue weighted by Crippen LogP contribution is -2.12. The molecule has 7 nitrogen and oxygen atoms in total. The molecular formula is C19H18N2O5. The van der Waals surface area contributed by atoms with Gasteiger partial charge in [-0.1, -0.05) is 0 Å². The van der Waals surface area contributed by atoms with E-state index in [4.69, 9.17) is 24.7 Å². The van der Waals surface area contributed by atoms with E-state index in [0.29, 0.717) is 39.7 Å². The first-order valence-electron chi connectivity index (χ1n) is 7.73. The van der Waals surface area contributed by atoms with Gasteiger partial charge in [-0.2, -0.15) is 0 Å². The molecule has 0 aliphatic rings. The number of carbonyl (C=O) groups is 1. The summed E-state index contributed by atoms with van der Waals surface area (Å²) in [6.07, 6.45) is 1.61. The van der Waals surface area contributed by atoms with Crippen LogP contribution in [0.4, 0.5) is 0 Å². The number of carbonyl (C=O) groups excluding carboxylic acids is 1. The van der Waals surface area contributed by atoms with Crippen LogP contribution in [0.15, 0.2) is 42.6 Å². The fraction of sp³-hybridized carbons (Fsp3) is 0.158. The molecule has 26 heavy (non-hydrogen) atoms. The molecular weight excluding hydrogens is 336 g/mol. The van der Waals surface area contributed by atoms with E-state index in [9.17, 15) is 4.79 Å². The Morgan fingerprint density at radius 2 is 1.54 bits per heavy atom. The van der Waals surface area contributed by atoms with Gasteiger partial charge in [0.25, 0.3) is 5.91 Å². The maximum Gasteiger partial charge on any atom is 0.252 e. The zero-order chi connectivity index (χ0) is 18.7. The summed E-state index contributed by atoms with van der Waals surface area (Å²) in [5.74, 6) is 1.98. The van der Waals surface area contributed by atoms with E-state index in [0.717, 1.165) is 0 Å². The lowest BCUT2D eigenvalue weighted by atomic mass is 10.1. The number of nitrogens with zero attached hydrogens (tertiary/aromatic N) is 1. The zero-order valence-corrected chi connectivity index (χ0v) is 14.6. The summed E-state index contributed by atoms with van der Waals surface area (Å²) in [5, 5.41) is 0.629. The van der Waals surface area contributed by atoms with Crippen LogP contribution < -0.4 is 24.7 Å². The van der Waals surface area contributed by atoms with Crippen molar-refractivity contribution in [3.63, 3.8) is 0 Å². The highest BCUT2D eigenvalue weighted by Crippen LogP contribution is 2.35. The monoisotopic (exact) mass is 354 g/mol. The number of methoxy groups -OCH3 is 3. The Balaban J connectivity index is 2.11. The summed E-state index contributed by atoms with van der Waals surface area (Å²) < 4.78 is 21.7. The van der Waals surface area contributed by atoms with Gasteiger partial charge >= 0.3 is 0 Å². The third kappa shape index (κ3) is 3.32. The summed E-state index contributed by atoms with van der Waals surface area (Å²) in [5.41, 5.74) is 6.31. The molecule has 0 unspecified atom stereocenters. The Morgan fingerprint density at radius 1 is 0.885 bits per heavy atom. The first kappa shape index (κ1) is 17.3. The smallest absolute Gasteiger partial charge is 0.252 e. The average Bonchev–Trinajstić information content (AvgIpc) is 2.66. The van der Waals surface area contributed by atoms with Gasteiger partial charge in [-0.3, -0.25) is 9.78 Å². The van der Waals surface area contributed by atoms with E-state index in [1.54, 1.807) is 56.8 Å². The van der Waals surface area contributed by atoms with Gasteiger partial charge < -0.3 is 24.7 Å². The molecule has 0 bridgehead atoms. The number of rotatable bonds is 6. The molecule has 0 atom stereocenters. The number of ether oxygens (including phenoxy) is 4. The average molecular weight is 354 g/mol. The summed E-state index contributed by atoms with van der Waals surface area (Å²) >= 11 is 0. The molecule has 0 fully saturated rings. The van der Waals surface area contributed by atoms with Crippen LogP contribution in [-0.2, 0) is 0 Å². The van der Waals surface area contributed by atoms with Crippen LogP contribution in [0.25, 0.3) is 10.9 Å². The minimum atomic E-state index is -0.596. The van der Waals surface area contributed by atoms with Crippen molar-refractivity contribution in [3.05, 3.63) is 48.2 Å². The van der Waals surface area contributed by atoms with Crippen molar-refractivity contribution in [2.24, 2.45) is 5.73 Å². The molecule has 2 N–H and O–H groups in total. The van der Waals surface area contributed by atoms with Gasteiger partial charge in [0, 0.05) is 35.8 Å². The molecule has 134 valence electrons. The highest BCUT2D eigenvalue weighted by Gasteiger charge is 2.15. The molecule has 7 heteroatoms. The molecule has 1 heterocycles. The lowest BCUT2D eigenvalue weighted by Gasteiger charge is -2.13. The molecule has 0 saturated carbocycles. The van der Waals surface area contributed by atoms with Crippen LogP contribution in [0, 0.1) is 0 Å². The van der Waals surface area contributed by atoms with E-state index >= 15 is 0 Å². The number of primary amides is 1. The summed E-state index contributed by atoms with van der Waals surface area (Å²) in [6.45, 7) is 0. The molecule has 0 spiro atoms. The van der Waals surface area contributed by atoms with E-state index in [-0.39, 0.29) is 5.56 Å². The van der Waals surface area contributed by atoms with Crippen molar-refractivity contribution in [2.75, 3.05) is 21.3 Å². The fourth-order valence-electron chi connectivity index (χ4n) is 2.57. The largest absolute Gasteiger partial charge is 0.496 e. The zero-order valence-electron chi connectivity index (χ0n) is 14.6. The quantitative estimate of drug-likeness (QED) is 0.731. The number of amides is 1. The van der Waals surface area contributed by atoms with Crippen molar-refractivity contribution in [2.45, 2.75) is 0 Å². The molecule has 0 aliphatic carbocycles. The van der Waals surface area contributed by atoms with Gasteiger partial charge in [0.2, 0.25) is 0 Å². The Bertz CT molecular complexity index is 949. The molecule has 1 aromatic heterocycles. The number of pyridine rings is 1. The van der Waals surface area contributed by atoms with Crippen LogP contribution in [0.5, 0.6) is 28.7 Å². The van der Waals surface area contributed by atoms with Gasteiger partial charge in [0.1, 0.15) is 28.7 Å². The van der Waals surface area contributed by atoms with Gasteiger partial charge in [-0.05, 0) is 12.1 Å². The second-order valence-corrected chi connectivity index (χ2v) is 5.39. The predicted molar refractivity (Wildman–Crippen MR) is 96.4 cm³/mol. The number of hydrogen-bond donors (Lipinski definition) is 1. The van der Waals surface area contributed by atoms with Crippen molar-refractivity contribution < 1.29 is 23.7 Å². The first-order valence-corrected chi connectivity index (χ1v) is 7.73. The second-order valence-electron chi connectivity index (χ2n) is 5.39. The molecule has 3 aromatic rings. The minimum absolute atomic E-state index is 0.251. The number of hydrogen-bond acceptors (Lipinski definition) is 6. The number of fused-ring (bicyclic) bond motifs is 1. The van der Waals surface area contributed by atoms with Crippen molar-refractivity contribution >= 4 is 16.8 Å². The van der Waals surface area contributed by atoms with Crippen molar-refractivity contribution in [1.82, 2.24) is 4.98 Å². The Morgan fingerprint density at radius 3 is 2.12 bits per heavy atom. The van der Waals surface area contributed by atoms with Crippen LogP contribution in [0.3, 0.4) is 0 Å². The number of aromatic nitrogens is 1.